The van der Waals surface area contributed by atoms with Crippen molar-refractivity contribution in [1.29, 1.82) is 0 Å². The van der Waals surface area contributed by atoms with Crippen molar-refractivity contribution in [1.82, 2.24) is 9.80 Å². The summed E-state index contributed by atoms with van der Waals surface area (Å²) in [6, 6.07) is 18.1. The Morgan fingerprint density at radius 3 is 2.31 bits per heavy atom. The van der Waals surface area contributed by atoms with E-state index in [0.717, 1.165) is 24.0 Å². The molecular weight excluding hydrogens is 456 g/mol. The summed E-state index contributed by atoms with van der Waals surface area (Å²) < 4.78 is 11.0. The predicted octanol–water partition coefficient (Wildman–Crippen LogP) is 5.59. The van der Waals surface area contributed by atoms with Gasteiger partial charge in [-0.15, -0.1) is 0 Å². The topological polar surface area (TPSA) is 79.3 Å². The fourth-order valence-corrected chi connectivity index (χ4v) is 5.64. The second-order valence-electron chi connectivity index (χ2n) is 10.7. The molecule has 2 aromatic carbocycles. The number of cyclic esters (lactones) is 1. The van der Waals surface area contributed by atoms with Crippen LogP contribution in [0.5, 0.6) is 0 Å². The molecule has 36 heavy (non-hydrogen) atoms. The van der Waals surface area contributed by atoms with Crippen LogP contribution in [-0.2, 0) is 15.1 Å². The fraction of sp³-hybridized carbons (Fsp3) is 0.517. The van der Waals surface area contributed by atoms with Crippen LogP contribution in [0.1, 0.15) is 75.1 Å². The van der Waals surface area contributed by atoms with Crippen LogP contribution in [0.4, 0.5) is 9.59 Å². The van der Waals surface area contributed by atoms with Gasteiger partial charge in [-0.05, 0) is 56.2 Å². The highest BCUT2D eigenvalue weighted by Gasteiger charge is 2.46. The summed E-state index contributed by atoms with van der Waals surface area (Å²) in [6.07, 6.45) is 2.14. The summed E-state index contributed by atoms with van der Waals surface area (Å²) in [5, 5.41) is 10.6. The van der Waals surface area contributed by atoms with Gasteiger partial charge in [0.05, 0.1) is 18.8 Å². The van der Waals surface area contributed by atoms with Crippen molar-refractivity contribution in [2.45, 2.75) is 69.6 Å². The van der Waals surface area contributed by atoms with E-state index in [2.05, 4.69) is 24.3 Å². The van der Waals surface area contributed by atoms with E-state index in [4.69, 9.17) is 9.47 Å². The molecule has 194 valence electrons. The average Bonchev–Trinajstić information content (AvgIpc) is 2.88. The van der Waals surface area contributed by atoms with Gasteiger partial charge in [-0.25, -0.2) is 9.59 Å². The van der Waals surface area contributed by atoms with Crippen molar-refractivity contribution in [3.63, 3.8) is 0 Å². The highest BCUT2D eigenvalue weighted by atomic mass is 16.6. The van der Waals surface area contributed by atoms with Crippen molar-refractivity contribution in [2.75, 3.05) is 26.7 Å². The molecule has 0 spiro atoms. The van der Waals surface area contributed by atoms with E-state index in [1.54, 1.807) is 23.6 Å². The molecule has 7 heteroatoms. The molecule has 2 aliphatic rings. The minimum Gasteiger partial charge on any atom is -0.453 e. The highest BCUT2D eigenvalue weighted by Crippen LogP contribution is 2.42. The van der Waals surface area contributed by atoms with Crippen LogP contribution >= 0.6 is 0 Å². The average molecular weight is 495 g/mol. The van der Waals surface area contributed by atoms with Gasteiger partial charge in [-0.1, -0.05) is 54.6 Å². The Bertz CT molecular complexity index is 1040. The maximum absolute atomic E-state index is 13.3. The first-order valence-corrected chi connectivity index (χ1v) is 12.8. The molecule has 2 aromatic rings. The summed E-state index contributed by atoms with van der Waals surface area (Å²) in [7, 11) is 1.42. The Balaban J connectivity index is 1.43. The van der Waals surface area contributed by atoms with Crippen LogP contribution in [0.15, 0.2) is 54.6 Å². The molecule has 0 aliphatic carbocycles. The van der Waals surface area contributed by atoms with Crippen LogP contribution < -0.4 is 0 Å². The lowest BCUT2D eigenvalue weighted by atomic mass is 9.80. The zero-order valence-electron chi connectivity index (χ0n) is 21.8. The van der Waals surface area contributed by atoms with Gasteiger partial charge in [0.25, 0.3) is 0 Å². The van der Waals surface area contributed by atoms with E-state index >= 15 is 0 Å². The van der Waals surface area contributed by atoms with Crippen LogP contribution in [0.2, 0.25) is 0 Å². The molecule has 2 aliphatic heterocycles. The Kier molecular flexibility index (Phi) is 7.59. The Morgan fingerprint density at radius 1 is 1.11 bits per heavy atom. The molecular formula is C29H38N2O5. The van der Waals surface area contributed by atoms with E-state index < -0.39 is 11.2 Å². The monoisotopic (exact) mass is 494 g/mol. The second kappa shape index (κ2) is 10.5. The lowest BCUT2D eigenvalue weighted by molar-refractivity contribution is -0.101. The molecule has 4 rings (SSSR count). The smallest absolute Gasteiger partial charge is 0.411 e. The molecule has 0 radical (unpaired) electrons. The SMILES string of the molecule is COC(=O)N1CCC(c2ccc(C(C)N3CCC(CC(C)(C)O)(c4ccccc4)OC3=O)cc2)CC1. The van der Waals surface area contributed by atoms with E-state index in [0.29, 0.717) is 38.4 Å². The number of aliphatic hydroxyl groups is 1. The number of carbonyl (C=O) groups is 2. The van der Waals surface area contributed by atoms with Crippen molar-refractivity contribution in [2.24, 2.45) is 0 Å². The van der Waals surface area contributed by atoms with Crippen molar-refractivity contribution in [3.8, 4) is 0 Å². The molecule has 2 atom stereocenters. The first-order chi connectivity index (χ1) is 17.1. The Morgan fingerprint density at radius 2 is 1.75 bits per heavy atom. The maximum atomic E-state index is 13.3. The Labute approximate surface area is 214 Å². The second-order valence-corrected chi connectivity index (χ2v) is 10.7. The van der Waals surface area contributed by atoms with Gasteiger partial charge in [-0.2, -0.15) is 0 Å². The number of amides is 2. The first kappa shape index (κ1) is 26.0. The summed E-state index contributed by atoms with van der Waals surface area (Å²) in [5.41, 5.74) is 1.39. The van der Waals surface area contributed by atoms with Gasteiger partial charge >= 0.3 is 12.2 Å². The summed E-state index contributed by atoms with van der Waals surface area (Å²) in [6.45, 7) is 7.46. The first-order valence-electron chi connectivity index (χ1n) is 12.8. The van der Waals surface area contributed by atoms with Gasteiger partial charge in [0.1, 0.15) is 5.60 Å². The molecule has 1 N–H and O–H groups in total. The third-order valence-electron chi connectivity index (χ3n) is 7.58. The number of hydrogen-bond donors (Lipinski definition) is 1. The number of methoxy groups -OCH3 is 1. The molecule has 2 unspecified atom stereocenters. The fourth-order valence-electron chi connectivity index (χ4n) is 5.64. The van der Waals surface area contributed by atoms with E-state index in [1.807, 2.05) is 37.3 Å². The normalized spacial score (nSPS) is 22.2. The van der Waals surface area contributed by atoms with Crippen molar-refractivity contribution < 1.29 is 24.2 Å². The number of likely N-dealkylation sites (tertiary alicyclic amines) is 1. The lowest BCUT2D eigenvalue weighted by Gasteiger charge is -2.45. The molecule has 2 heterocycles. The number of carbonyl (C=O) groups excluding carboxylic acids is 2. The molecule has 2 saturated heterocycles. The zero-order chi connectivity index (χ0) is 25.9. The number of benzene rings is 2. The largest absolute Gasteiger partial charge is 0.453 e. The molecule has 0 aromatic heterocycles. The molecule has 0 saturated carbocycles. The van der Waals surface area contributed by atoms with E-state index in [9.17, 15) is 14.7 Å². The molecule has 2 amide bonds. The zero-order valence-corrected chi connectivity index (χ0v) is 21.8. The summed E-state index contributed by atoms with van der Waals surface area (Å²) in [4.78, 5) is 28.6. The lowest BCUT2D eigenvalue weighted by Crippen LogP contribution is -2.51. The van der Waals surface area contributed by atoms with E-state index in [1.165, 1.54) is 12.7 Å². The standard InChI is InChI=1S/C29H38N2O5/c1-21(22-10-12-23(13-11-22)24-14-17-30(18-15-24)26(32)35-4)31-19-16-29(36-27(31)33,20-28(2,3)34)25-8-6-5-7-9-25/h5-13,21,24,34H,14-20H2,1-4H3. The Hall–Kier alpha value is -3.06. The number of ether oxygens (including phenoxy) is 2. The third-order valence-corrected chi connectivity index (χ3v) is 7.58. The number of hydrogen-bond acceptors (Lipinski definition) is 5. The van der Waals surface area contributed by atoms with Crippen LogP contribution in [-0.4, -0.2) is 59.4 Å². The van der Waals surface area contributed by atoms with Gasteiger partial charge < -0.3 is 24.4 Å². The number of rotatable bonds is 6. The van der Waals surface area contributed by atoms with Crippen molar-refractivity contribution in [3.05, 3.63) is 71.3 Å². The summed E-state index contributed by atoms with van der Waals surface area (Å²) in [5.74, 6) is 0.406. The molecule has 0 bridgehead atoms. The van der Waals surface area contributed by atoms with Gasteiger partial charge in [-0.3, -0.25) is 0 Å². The van der Waals surface area contributed by atoms with Crippen LogP contribution in [0.25, 0.3) is 0 Å². The predicted molar refractivity (Wildman–Crippen MR) is 138 cm³/mol. The minimum absolute atomic E-state index is 0.136. The van der Waals surface area contributed by atoms with E-state index in [-0.39, 0.29) is 18.2 Å². The quantitative estimate of drug-likeness (QED) is 0.566. The van der Waals surface area contributed by atoms with Crippen LogP contribution in [0.3, 0.4) is 0 Å². The molecule has 2 fully saturated rings. The number of nitrogens with zero attached hydrogens (tertiary/aromatic N) is 2. The summed E-state index contributed by atoms with van der Waals surface area (Å²) >= 11 is 0. The van der Waals surface area contributed by atoms with Gasteiger partial charge in [0, 0.05) is 32.5 Å². The number of piperidine rings is 1. The van der Waals surface area contributed by atoms with Gasteiger partial charge in [0.15, 0.2) is 0 Å². The van der Waals surface area contributed by atoms with Gasteiger partial charge in [0.2, 0.25) is 0 Å². The van der Waals surface area contributed by atoms with Crippen molar-refractivity contribution >= 4 is 12.2 Å². The minimum atomic E-state index is -0.979. The third kappa shape index (κ3) is 5.67. The maximum Gasteiger partial charge on any atom is 0.411 e. The van der Waals surface area contributed by atoms with Crippen LogP contribution in [0, 0.1) is 0 Å². The molecule has 7 nitrogen and oxygen atoms in total. The highest BCUT2D eigenvalue weighted by molar-refractivity contribution is 5.70.